The summed E-state index contributed by atoms with van der Waals surface area (Å²) < 4.78 is 20.8. The topological polar surface area (TPSA) is 105 Å². The predicted octanol–water partition coefficient (Wildman–Crippen LogP) is 5.82. The number of ether oxygens (including phenoxy) is 4. The van der Waals surface area contributed by atoms with Gasteiger partial charge in [0.25, 0.3) is 0 Å². The summed E-state index contributed by atoms with van der Waals surface area (Å²) in [6, 6.07) is 0. The lowest BCUT2D eigenvalue weighted by atomic mass is 9.79. The first kappa shape index (κ1) is 34.8. The quantitative estimate of drug-likeness (QED) is 0.0671. The molecule has 0 bridgehead atoms. The van der Waals surface area contributed by atoms with Crippen molar-refractivity contribution in [3.05, 3.63) is 48.6 Å². The van der Waals surface area contributed by atoms with Crippen LogP contribution in [0.25, 0.3) is 0 Å². The number of hydrogen-bond acceptors (Lipinski definition) is 8. The minimum atomic E-state index is -1.45. The SMILES string of the molecule is C=CCC(CC/C=C(C)/C(C)=C/CCC(CC=C)(C(=O)OCC)C(=O)OCC)(C(=O)OCC)C(=O)OCC. The number of rotatable bonds is 19. The number of carbonyl (C=O) groups excluding carboxylic acids is 4. The van der Waals surface area contributed by atoms with Crippen molar-refractivity contribution in [1.82, 2.24) is 0 Å². The van der Waals surface area contributed by atoms with Gasteiger partial charge in [-0.05, 0) is 80.1 Å². The van der Waals surface area contributed by atoms with E-state index >= 15 is 0 Å². The van der Waals surface area contributed by atoms with Gasteiger partial charge in [0.1, 0.15) is 0 Å². The van der Waals surface area contributed by atoms with E-state index in [0.717, 1.165) is 11.1 Å². The third-order valence-electron chi connectivity index (χ3n) is 6.32. The zero-order valence-electron chi connectivity index (χ0n) is 24.1. The van der Waals surface area contributed by atoms with Gasteiger partial charge in [-0.25, -0.2) is 0 Å². The minimum Gasteiger partial charge on any atom is -0.465 e. The van der Waals surface area contributed by atoms with Crippen molar-refractivity contribution < 1.29 is 38.1 Å². The van der Waals surface area contributed by atoms with Crippen LogP contribution in [0.15, 0.2) is 48.6 Å². The molecule has 0 amide bonds. The van der Waals surface area contributed by atoms with Crippen molar-refractivity contribution in [2.75, 3.05) is 26.4 Å². The lowest BCUT2D eigenvalue weighted by Gasteiger charge is -2.28. The van der Waals surface area contributed by atoms with Crippen LogP contribution in [-0.4, -0.2) is 50.3 Å². The van der Waals surface area contributed by atoms with Crippen LogP contribution in [-0.2, 0) is 38.1 Å². The van der Waals surface area contributed by atoms with Crippen LogP contribution in [0.5, 0.6) is 0 Å². The Hall–Kier alpha value is -3.16. The number of allylic oxidation sites excluding steroid dienone is 6. The Labute approximate surface area is 228 Å². The molecule has 38 heavy (non-hydrogen) atoms. The molecule has 0 fully saturated rings. The molecule has 0 saturated heterocycles. The van der Waals surface area contributed by atoms with E-state index in [2.05, 4.69) is 13.2 Å². The molecule has 0 saturated carbocycles. The average Bonchev–Trinajstić information content (AvgIpc) is 2.87. The van der Waals surface area contributed by atoms with Crippen molar-refractivity contribution >= 4 is 23.9 Å². The van der Waals surface area contributed by atoms with Crippen molar-refractivity contribution in [2.24, 2.45) is 10.8 Å². The molecular formula is C30H46O8. The summed E-state index contributed by atoms with van der Waals surface area (Å²) >= 11 is 0. The molecule has 8 nitrogen and oxygen atoms in total. The molecule has 0 rings (SSSR count). The van der Waals surface area contributed by atoms with Gasteiger partial charge >= 0.3 is 23.9 Å². The van der Waals surface area contributed by atoms with Gasteiger partial charge in [0.15, 0.2) is 10.8 Å². The van der Waals surface area contributed by atoms with E-state index in [9.17, 15) is 19.2 Å². The maximum atomic E-state index is 12.8. The highest BCUT2D eigenvalue weighted by atomic mass is 16.6. The summed E-state index contributed by atoms with van der Waals surface area (Å²) in [5, 5.41) is 0. The van der Waals surface area contributed by atoms with Crippen LogP contribution < -0.4 is 0 Å². The summed E-state index contributed by atoms with van der Waals surface area (Å²) in [4.78, 5) is 51.1. The molecule has 0 radical (unpaired) electrons. The van der Waals surface area contributed by atoms with Gasteiger partial charge in [0.2, 0.25) is 0 Å². The minimum absolute atomic E-state index is 0.111. The first-order chi connectivity index (χ1) is 18.1. The zero-order valence-corrected chi connectivity index (χ0v) is 24.1. The molecule has 0 spiro atoms. The third-order valence-corrected chi connectivity index (χ3v) is 6.32. The molecule has 0 aliphatic rings. The fraction of sp³-hybridized carbons (Fsp3) is 0.600. The highest BCUT2D eigenvalue weighted by Gasteiger charge is 2.48. The second-order valence-electron chi connectivity index (χ2n) is 8.88. The van der Waals surface area contributed by atoms with Crippen LogP contribution >= 0.6 is 0 Å². The lowest BCUT2D eigenvalue weighted by Crippen LogP contribution is -2.42. The van der Waals surface area contributed by atoms with Gasteiger partial charge in [0.05, 0.1) is 26.4 Å². The molecule has 8 heteroatoms. The van der Waals surface area contributed by atoms with E-state index < -0.39 is 34.7 Å². The molecule has 0 aromatic rings. The Bertz CT molecular complexity index is 773. The van der Waals surface area contributed by atoms with Gasteiger partial charge in [-0.2, -0.15) is 0 Å². The monoisotopic (exact) mass is 534 g/mol. The summed E-state index contributed by atoms with van der Waals surface area (Å²) in [6.45, 7) is 18.6. The Balaban J connectivity index is 5.77. The molecule has 0 unspecified atom stereocenters. The van der Waals surface area contributed by atoms with Crippen molar-refractivity contribution in [3.8, 4) is 0 Å². The smallest absolute Gasteiger partial charge is 0.323 e. The predicted molar refractivity (Wildman–Crippen MR) is 147 cm³/mol. The van der Waals surface area contributed by atoms with Gasteiger partial charge in [0, 0.05) is 0 Å². The molecule has 0 aliphatic heterocycles. The van der Waals surface area contributed by atoms with Gasteiger partial charge in [-0.3, -0.25) is 19.2 Å². The van der Waals surface area contributed by atoms with E-state index in [4.69, 9.17) is 18.9 Å². The summed E-state index contributed by atoms with van der Waals surface area (Å²) in [6.07, 6.45) is 8.41. The van der Waals surface area contributed by atoms with Crippen molar-refractivity contribution in [1.29, 1.82) is 0 Å². The summed E-state index contributed by atoms with van der Waals surface area (Å²) in [5.41, 5.74) is -1.03. The second-order valence-corrected chi connectivity index (χ2v) is 8.88. The van der Waals surface area contributed by atoms with E-state index in [1.165, 1.54) is 12.2 Å². The van der Waals surface area contributed by atoms with E-state index in [1.54, 1.807) is 27.7 Å². The summed E-state index contributed by atoms with van der Waals surface area (Å²) in [5.74, 6) is -2.47. The standard InChI is InChI=1S/C30H46O8/c1-9-19-29(25(31)35-11-3,26(32)36-12-4)21-15-17-23(7)24(8)18-16-22-30(20-10-2,27(33)37-13-5)28(34)38-14-6/h9-10,17-18H,1-2,11-16,19-22H2,3-8H3/b23-17+,24-18+. The fourth-order valence-corrected chi connectivity index (χ4v) is 4.07. The number of esters is 4. The Morgan fingerprint density at radius 2 is 0.842 bits per heavy atom. The second kappa shape index (κ2) is 18.2. The zero-order chi connectivity index (χ0) is 29.2. The van der Waals surface area contributed by atoms with Crippen LogP contribution in [0, 0.1) is 10.8 Å². The number of carbonyl (C=O) groups is 4. The van der Waals surface area contributed by atoms with Crippen molar-refractivity contribution in [2.45, 2.75) is 80.1 Å². The average molecular weight is 535 g/mol. The van der Waals surface area contributed by atoms with E-state index in [0.29, 0.717) is 12.8 Å². The first-order valence-corrected chi connectivity index (χ1v) is 13.3. The molecule has 0 N–H and O–H groups in total. The van der Waals surface area contributed by atoms with Gasteiger partial charge < -0.3 is 18.9 Å². The highest BCUT2D eigenvalue weighted by Crippen LogP contribution is 2.35. The Morgan fingerprint density at radius 3 is 1.05 bits per heavy atom. The normalized spacial score (nSPS) is 12.4. The van der Waals surface area contributed by atoms with Crippen LogP contribution in [0.2, 0.25) is 0 Å². The Kier molecular flexibility index (Phi) is 16.6. The van der Waals surface area contributed by atoms with Crippen LogP contribution in [0.1, 0.15) is 80.1 Å². The molecular weight excluding hydrogens is 488 g/mol. The maximum Gasteiger partial charge on any atom is 0.323 e. The van der Waals surface area contributed by atoms with E-state index in [1.807, 2.05) is 26.0 Å². The lowest BCUT2D eigenvalue weighted by molar-refractivity contribution is -0.174. The Morgan fingerprint density at radius 1 is 0.579 bits per heavy atom. The fourth-order valence-electron chi connectivity index (χ4n) is 4.07. The largest absolute Gasteiger partial charge is 0.465 e. The molecule has 214 valence electrons. The molecule has 0 atom stereocenters. The maximum absolute atomic E-state index is 12.8. The third kappa shape index (κ3) is 9.62. The van der Waals surface area contributed by atoms with E-state index in [-0.39, 0.29) is 52.1 Å². The van der Waals surface area contributed by atoms with Crippen LogP contribution in [0.4, 0.5) is 0 Å². The van der Waals surface area contributed by atoms with Crippen molar-refractivity contribution in [3.63, 3.8) is 0 Å². The highest BCUT2D eigenvalue weighted by molar-refractivity contribution is 6.01. The molecule has 0 aromatic carbocycles. The number of hydrogen-bond donors (Lipinski definition) is 0. The molecule has 0 aromatic heterocycles. The molecule has 0 aliphatic carbocycles. The first-order valence-electron chi connectivity index (χ1n) is 13.3. The van der Waals surface area contributed by atoms with Crippen LogP contribution in [0.3, 0.4) is 0 Å². The van der Waals surface area contributed by atoms with Gasteiger partial charge in [-0.1, -0.05) is 35.5 Å². The van der Waals surface area contributed by atoms with Gasteiger partial charge in [-0.15, -0.1) is 13.2 Å². The molecule has 0 heterocycles. The summed E-state index contributed by atoms with van der Waals surface area (Å²) in [7, 11) is 0.